The molecule has 5 nitrogen and oxygen atoms in total. The number of hydrogen-bond acceptors (Lipinski definition) is 3. The van der Waals surface area contributed by atoms with Gasteiger partial charge in [0.25, 0.3) is 5.91 Å². The lowest BCUT2D eigenvalue weighted by atomic mass is 10.2. The molecule has 0 unspecified atom stereocenters. The van der Waals surface area contributed by atoms with Crippen LogP contribution in [-0.4, -0.2) is 52.8 Å². The quantitative estimate of drug-likeness (QED) is 0.793. The van der Waals surface area contributed by atoms with Gasteiger partial charge in [0.15, 0.2) is 0 Å². The molecule has 5 heteroatoms. The summed E-state index contributed by atoms with van der Waals surface area (Å²) in [6, 6.07) is 3.52. The first-order valence-electron chi connectivity index (χ1n) is 7.24. The van der Waals surface area contributed by atoms with Crippen molar-refractivity contribution in [3.05, 3.63) is 42.2 Å². The van der Waals surface area contributed by atoms with Crippen LogP contribution in [0.2, 0.25) is 0 Å². The number of carbonyl (C=O) groups is 2. The summed E-state index contributed by atoms with van der Waals surface area (Å²) in [4.78, 5) is 31.8. The van der Waals surface area contributed by atoms with E-state index in [1.54, 1.807) is 40.4 Å². The van der Waals surface area contributed by atoms with E-state index >= 15 is 0 Å². The molecule has 112 valence electrons. The second kappa shape index (κ2) is 7.02. The molecule has 0 atom stereocenters. The maximum Gasteiger partial charge on any atom is 0.255 e. The van der Waals surface area contributed by atoms with E-state index in [-0.39, 0.29) is 11.8 Å². The first kappa shape index (κ1) is 15.2. The predicted molar refractivity (Wildman–Crippen MR) is 80.7 cm³/mol. The van der Waals surface area contributed by atoms with Crippen LogP contribution < -0.4 is 0 Å². The Bertz CT molecular complexity index is 518. The Balaban J connectivity index is 1.89. The van der Waals surface area contributed by atoms with Crippen molar-refractivity contribution in [1.82, 2.24) is 14.8 Å². The zero-order valence-electron chi connectivity index (χ0n) is 12.5. The Morgan fingerprint density at radius 1 is 1.19 bits per heavy atom. The van der Waals surface area contributed by atoms with E-state index in [4.69, 9.17) is 0 Å². The van der Waals surface area contributed by atoms with Gasteiger partial charge in [-0.1, -0.05) is 19.9 Å². The zero-order chi connectivity index (χ0) is 15.2. The van der Waals surface area contributed by atoms with Crippen molar-refractivity contribution < 1.29 is 9.59 Å². The summed E-state index contributed by atoms with van der Waals surface area (Å²) < 4.78 is 0. The van der Waals surface area contributed by atoms with Crippen LogP contribution in [0.5, 0.6) is 0 Å². The van der Waals surface area contributed by atoms with Crippen molar-refractivity contribution in [2.75, 3.05) is 26.2 Å². The van der Waals surface area contributed by atoms with Crippen molar-refractivity contribution in [1.29, 1.82) is 0 Å². The van der Waals surface area contributed by atoms with Crippen LogP contribution in [-0.2, 0) is 4.79 Å². The van der Waals surface area contributed by atoms with Crippen LogP contribution in [0.4, 0.5) is 0 Å². The van der Waals surface area contributed by atoms with Gasteiger partial charge >= 0.3 is 0 Å². The number of carbonyl (C=O) groups excluding carboxylic acids is 2. The normalized spacial score (nSPS) is 15.8. The van der Waals surface area contributed by atoms with Gasteiger partial charge in [-0.3, -0.25) is 14.6 Å². The average Bonchev–Trinajstić information content (AvgIpc) is 2.53. The molecule has 2 heterocycles. The molecule has 1 aromatic heterocycles. The minimum absolute atomic E-state index is 0.0204. The van der Waals surface area contributed by atoms with Crippen LogP contribution in [0.3, 0.4) is 0 Å². The second-order valence-corrected chi connectivity index (χ2v) is 5.46. The third-order valence-corrected chi connectivity index (χ3v) is 3.41. The van der Waals surface area contributed by atoms with Gasteiger partial charge < -0.3 is 9.80 Å². The van der Waals surface area contributed by atoms with E-state index in [0.717, 1.165) is 0 Å². The molecule has 21 heavy (non-hydrogen) atoms. The molecule has 0 N–H and O–H groups in total. The number of aromatic nitrogens is 1. The molecule has 1 fully saturated rings. The number of allylic oxidation sites excluding steroid dienone is 1. The fourth-order valence-electron chi connectivity index (χ4n) is 2.18. The molecular formula is C16H21N3O2. The largest absolute Gasteiger partial charge is 0.336 e. The Kier molecular flexibility index (Phi) is 5.09. The molecule has 0 spiro atoms. The molecule has 0 aliphatic carbocycles. The Morgan fingerprint density at radius 3 is 2.43 bits per heavy atom. The van der Waals surface area contributed by atoms with Gasteiger partial charge in [-0.2, -0.15) is 0 Å². The predicted octanol–water partition coefficient (Wildman–Crippen LogP) is 1.58. The van der Waals surface area contributed by atoms with E-state index < -0.39 is 0 Å². The summed E-state index contributed by atoms with van der Waals surface area (Å²) in [6.07, 6.45) is 6.75. The maximum atomic E-state index is 12.3. The van der Waals surface area contributed by atoms with Crippen LogP contribution >= 0.6 is 0 Å². The monoisotopic (exact) mass is 287 g/mol. The Hall–Kier alpha value is -2.17. The number of nitrogens with zero attached hydrogens (tertiary/aromatic N) is 3. The van der Waals surface area contributed by atoms with Gasteiger partial charge in [-0.25, -0.2) is 0 Å². The molecule has 0 bridgehead atoms. The van der Waals surface area contributed by atoms with Crippen molar-refractivity contribution in [3.63, 3.8) is 0 Å². The average molecular weight is 287 g/mol. The summed E-state index contributed by atoms with van der Waals surface area (Å²) >= 11 is 0. The molecule has 1 aromatic rings. The molecule has 2 rings (SSSR count). The standard InChI is InChI=1S/C16H21N3O2/c1-13(2)5-6-15(20)18-8-10-19(11-9-18)16(21)14-4-3-7-17-12-14/h3-7,12-13H,8-11H2,1-2H3/b6-5+. The number of rotatable bonds is 3. The lowest BCUT2D eigenvalue weighted by molar-refractivity contribution is -0.127. The molecule has 1 aliphatic heterocycles. The highest BCUT2D eigenvalue weighted by Gasteiger charge is 2.23. The topological polar surface area (TPSA) is 53.5 Å². The van der Waals surface area contributed by atoms with Crippen molar-refractivity contribution >= 4 is 11.8 Å². The highest BCUT2D eigenvalue weighted by molar-refractivity contribution is 5.94. The lowest BCUT2D eigenvalue weighted by Crippen LogP contribution is -2.50. The summed E-state index contributed by atoms with van der Waals surface area (Å²) in [7, 11) is 0. The molecular weight excluding hydrogens is 266 g/mol. The molecule has 0 saturated carbocycles. The van der Waals surface area contributed by atoms with E-state index in [0.29, 0.717) is 37.7 Å². The molecule has 0 radical (unpaired) electrons. The summed E-state index contributed by atoms with van der Waals surface area (Å²) in [6.45, 7) is 6.35. The molecule has 1 saturated heterocycles. The number of piperazine rings is 1. The highest BCUT2D eigenvalue weighted by atomic mass is 16.2. The third kappa shape index (κ3) is 4.15. The van der Waals surface area contributed by atoms with Crippen molar-refractivity contribution in [3.8, 4) is 0 Å². The maximum absolute atomic E-state index is 12.3. The molecule has 0 aromatic carbocycles. The first-order valence-corrected chi connectivity index (χ1v) is 7.24. The van der Waals surface area contributed by atoms with Crippen LogP contribution in [0.1, 0.15) is 24.2 Å². The van der Waals surface area contributed by atoms with Crippen LogP contribution in [0.25, 0.3) is 0 Å². The van der Waals surface area contributed by atoms with E-state index in [2.05, 4.69) is 4.98 Å². The number of hydrogen-bond donors (Lipinski definition) is 0. The van der Waals surface area contributed by atoms with Gasteiger partial charge in [0.05, 0.1) is 5.56 Å². The van der Waals surface area contributed by atoms with Crippen molar-refractivity contribution in [2.24, 2.45) is 5.92 Å². The molecule has 2 amide bonds. The van der Waals surface area contributed by atoms with Gasteiger partial charge in [0.1, 0.15) is 0 Å². The smallest absolute Gasteiger partial charge is 0.255 e. The number of pyridine rings is 1. The van der Waals surface area contributed by atoms with Crippen LogP contribution in [0.15, 0.2) is 36.7 Å². The summed E-state index contributed by atoms with van der Waals surface area (Å²) in [5.41, 5.74) is 0.594. The second-order valence-electron chi connectivity index (χ2n) is 5.46. The zero-order valence-corrected chi connectivity index (χ0v) is 12.5. The van der Waals surface area contributed by atoms with E-state index in [1.807, 2.05) is 19.9 Å². The van der Waals surface area contributed by atoms with Crippen LogP contribution in [0, 0.1) is 5.92 Å². The summed E-state index contributed by atoms with van der Waals surface area (Å²) in [5.74, 6) is 0.368. The van der Waals surface area contributed by atoms with Crippen molar-refractivity contribution in [2.45, 2.75) is 13.8 Å². The fraction of sp³-hybridized carbons (Fsp3) is 0.438. The summed E-state index contributed by atoms with van der Waals surface area (Å²) in [5, 5.41) is 0. The minimum atomic E-state index is -0.0204. The Morgan fingerprint density at radius 2 is 1.86 bits per heavy atom. The van der Waals surface area contributed by atoms with E-state index in [9.17, 15) is 9.59 Å². The Labute approximate surface area is 125 Å². The first-order chi connectivity index (χ1) is 10.1. The highest BCUT2D eigenvalue weighted by Crippen LogP contribution is 2.08. The van der Waals surface area contributed by atoms with Gasteiger partial charge in [-0.05, 0) is 24.1 Å². The van der Waals surface area contributed by atoms with Gasteiger partial charge in [-0.15, -0.1) is 0 Å². The van der Waals surface area contributed by atoms with E-state index in [1.165, 1.54) is 0 Å². The molecule has 1 aliphatic rings. The SMILES string of the molecule is CC(C)/C=C/C(=O)N1CCN(C(=O)c2cccnc2)CC1. The van der Waals surface area contributed by atoms with Gasteiger partial charge in [0.2, 0.25) is 5.91 Å². The number of amides is 2. The van der Waals surface area contributed by atoms with Gasteiger partial charge in [0, 0.05) is 38.6 Å². The minimum Gasteiger partial charge on any atom is -0.336 e. The third-order valence-electron chi connectivity index (χ3n) is 3.41. The fourth-order valence-corrected chi connectivity index (χ4v) is 2.18. The lowest BCUT2D eigenvalue weighted by Gasteiger charge is -2.34.